The molecule has 1 heterocycles. The SMILES string of the molecule is CCCNC1COCC1C(=O)NCC(C)c1ccccc1. The summed E-state index contributed by atoms with van der Waals surface area (Å²) in [5, 5.41) is 6.47. The smallest absolute Gasteiger partial charge is 0.227 e. The van der Waals surface area contributed by atoms with Gasteiger partial charge in [0.25, 0.3) is 0 Å². The van der Waals surface area contributed by atoms with E-state index in [4.69, 9.17) is 4.74 Å². The molecule has 2 rings (SSSR count). The van der Waals surface area contributed by atoms with E-state index in [9.17, 15) is 4.79 Å². The van der Waals surface area contributed by atoms with Gasteiger partial charge in [-0.1, -0.05) is 44.2 Å². The van der Waals surface area contributed by atoms with Crippen molar-refractivity contribution >= 4 is 5.91 Å². The average molecular weight is 290 g/mol. The number of carbonyl (C=O) groups excluding carboxylic acids is 1. The van der Waals surface area contributed by atoms with Crippen molar-refractivity contribution < 1.29 is 9.53 Å². The molecule has 0 aliphatic carbocycles. The highest BCUT2D eigenvalue weighted by Crippen LogP contribution is 2.16. The second-order valence-electron chi connectivity index (χ2n) is 5.76. The number of ether oxygens (including phenoxy) is 1. The van der Waals surface area contributed by atoms with Gasteiger partial charge in [-0.2, -0.15) is 0 Å². The van der Waals surface area contributed by atoms with Crippen LogP contribution in [0.4, 0.5) is 0 Å². The van der Waals surface area contributed by atoms with Gasteiger partial charge in [0.05, 0.1) is 19.1 Å². The molecule has 116 valence electrons. The lowest BCUT2D eigenvalue weighted by Gasteiger charge is -2.20. The fourth-order valence-electron chi connectivity index (χ4n) is 2.63. The molecule has 0 radical (unpaired) electrons. The van der Waals surface area contributed by atoms with Crippen molar-refractivity contribution in [3.8, 4) is 0 Å². The van der Waals surface area contributed by atoms with E-state index in [0.717, 1.165) is 13.0 Å². The standard InChI is InChI=1S/C17H26N2O2/c1-3-9-18-16-12-21-11-15(16)17(20)19-10-13(2)14-7-5-4-6-8-14/h4-8,13,15-16,18H,3,9-12H2,1-2H3,(H,19,20). The molecule has 0 bridgehead atoms. The lowest BCUT2D eigenvalue weighted by molar-refractivity contribution is -0.125. The molecule has 1 amide bonds. The minimum absolute atomic E-state index is 0.0699. The highest BCUT2D eigenvalue weighted by Gasteiger charge is 2.33. The Bertz CT molecular complexity index is 436. The molecule has 1 aliphatic heterocycles. The number of amides is 1. The van der Waals surface area contributed by atoms with Crippen LogP contribution in [0.15, 0.2) is 30.3 Å². The van der Waals surface area contributed by atoms with Gasteiger partial charge in [-0.15, -0.1) is 0 Å². The number of nitrogens with one attached hydrogen (secondary N) is 2. The van der Waals surface area contributed by atoms with Gasteiger partial charge < -0.3 is 15.4 Å². The van der Waals surface area contributed by atoms with E-state index in [-0.39, 0.29) is 17.9 Å². The van der Waals surface area contributed by atoms with Crippen LogP contribution in [0.25, 0.3) is 0 Å². The molecule has 4 heteroatoms. The first-order valence-corrected chi connectivity index (χ1v) is 7.86. The predicted molar refractivity (Wildman–Crippen MR) is 84.3 cm³/mol. The van der Waals surface area contributed by atoms with Crippen LogP contribution in [0, 0.1) is 5.92 Å². The first kappa shape index (κ1) is 16.0. The Morgan fingerprint density at radius 3 is 2.81 bits per heavy atom. The second-order valence-corrected chi connectivity index (χ2v) is 5.76. The van der Waals surface area contributed by atoms with Crippen molar-refractivity contribution in [3.05, 3.63) is 35.9 Å². The Morgan fingerprint density at radius 1 is 1.33 bits per heavy atom. The van der Waals surface area contributed by atoms with Crippen LogP contribution >= 0.6 is 0 Å². The van der Waals surface area contributed by atoms with Crippen molar-refractivity contribution in [2.24, 2.45) is 5.92 Å². The van der Waals surface area contributed by atoms with Crippen molar-refractivity contribution in [3.63, 3.8) is 0 Å². The molecule has 0 saturated carbocycles. The Balaban J connectivity index is 1.81. The van der Waals surface area contributed by atoms with E-state index in [1.165, 1.54) is 5.56 Å². The molecule has 0 spiro atoms. The molecule has 1 saturated heterocycles. The average Bonchev–Trinajstić information content (AvgIpc) is 2.99. The zero-order valence-corrected chi connectivity index (χ0v) is 13.0. The molecular weight excluding hydrogens is 264 g/mol. The lowest BCUT2D eigenvalue weighted by atomic mass is 9.99. The lowest BCUT2D eigenvalue weighted by Crippen LogP contribution is -2.44. The van der Waals surface area contributed by atoms with Gasteiger partial charge in [-0.25, -0.2) is 0 Å². The number of benzene rings is 1. The van der Waals surface area contributed by atoms with Crippen molar-refractivity contribution in [1.82, 2.24) is 10.6 Å². The summed E-state index contributed by atoms with van der Waals surface area (Å²) in [5.41, 5.74) is 1.25. The quantitative estimate of drug-likeness (QED) is 0.806. The zero-order valence-electron chi connectivity index (χ0n) is 13.0. The number of rotatable bonds is 7. The number of carbonyl (C=O) groups is 1. The van der Waals surface area contributed by atoms with Gasteiger partial charge in [0.15, 0.2) is 0 Å². The number of hydrogen-bond acceptors (Lipinski definition) is 3. The molecule has 1 aromatic rings. The Morgan fingerprint density at radius 2 is 2.10 bits per heavy atom. The van der Waals surface area contributed by atoms with Gasteiger partial charge in [0.2, 0.25) is 5.91 Å². The van der Waals surface area contributed by atoms with E-state index in [1.54, 1.807) is 0 Å². The van der Waals surface area contributed by atoms with E-state index < -0.39 is 0 Å². The normalized spacial score (nSPS) is 23.0. The van der Waals surface area contributed by atoms with Gasteiger partial charge in [0.1, 0.15) is 0 Å². The largest absolute Gasteiger partial charge is 0.379 e. The molecule has 3 atom stereocenters. The molecule has 3 unspecified atom stereocenters. The highest BCUT2D eigenvalue weighted by atomic mass is 16.5. The third-order valence-electron chi connectivity index (χ3n) is 4.02. The van der Waals surface area contributed by atoms with Gasteiger partial charge >= 0.3 is 0 Å². The van der Waals surface area contributed by atoms with Gasteiger partial charge in [-0.05, 0) is 24.4 Å². The summed E-state index contributed by atoms with van der Waals surface area (Å²) >= 11 is 0. The molecule has 4 nitrogen and oxygen atoms in total. The molecule has 1 aromatic carbocycles. The Labute approximate surface area is 127 Å². The fraction of sp³-hybridized carbons (Fsp3) is 0.588. The minimum atomic E-state index is -0.0699. The highest BCUT2D eigenvalue weighted by molar-refractivity contribution is 5.79. The van der Waals surface area contributed by atoms with Crippen LogP contribution in [-0.2, 0) is 9.53 Å². The summed E-state index contributed by atoms with van der Waals surface area (Å²) in [6.45, 7) is 7.00. The van der Waals surface area contributed by atoms with E-state index in [1.807, 2.05) is 18.2 Å². The van der Waals surface area contributed by atoms with Crippen LogP contribution < -0.4 is 10.6 Å². The molecule has 0 aromatic heterocycles. The Hall–Kier alpha value is -1.39. The summed E-state index contributed by atoms with van der Waals surface area (Å²) in [6, 6.07) is 10.4. The van der Waals surface area contributed by atoms with Gasteiger partial charge in [0, 0.05) is 12.6 Å². The van der Waals surface area contributed by atoms with Crippen LogP contribution in [0.5, 0.6) is 0 Å². The first-order chi connectivity index (χ1) is 10.2. The summed E-state index contributed by atoms with van der Waals surface area (Å²) in [4.78, 5) is 12.3. The van der Waals surface area contributed by atoms with Crippen LogP contribution in [0.1, 0.15) is 31.7 Å². The molecule has 1 aliphatic rings. The van der Waals surface area contributed by atoms with Gasteiger partial charge in [-0.3, -0.25) is 4.79 Å². The fourth-order valence-corrected chi connectivity index (χ4v) is 2.63. The van der Waals surface area contributed by atoms with Crippen LogP contribution in [0.3, 0.4) is 0 Å². The maximum absolute atomic E-state index is 12.3. The summed E-state index contributed by atoms with van der Waals surface area (Å²) in [6.07, 6.45) is 1.07. The third kappa shape index (κ3) is 4.55. The monoisotopic (exact) mass is 290 g/mol. The Kier molecular flexibility index (Phi) is 6.21. The molecule has 2 N–H and O–H groups in total. The van der Waals surface area contributed by atoms with Crippen LogP contribution in [0.2, 0.25) is 0 Å². The number of hydrogen-bond donors (Lipinski definition) is 2. The van der Waals surface area contributed by atoms with E-state index in [2.05, 4.69) is 36.6 Å². The van der Waals surface area contributed by atoms with E-state index >= 15 is 0 Å². The summed E-state index contributed by atoms with van der Waals surface area (Å²) in [7, 11) is 0. The molecule has 1 fully saturated rings. The summed E-state index contributed by atoms with van der Waals surface area (Å²) < 4.78 is 5.46. The van der Waals surface area contributed by atoms with Crippen molar-refractivity contribution in [2.45, 2.75) is 32.2 Å². The second kappa shape index (κ2) is 8.15. The summed E-state index contributed by atoms with van der Waals surface area (Å²) in [5.74, 6) is 0.350. The van der Waals surface area contributed by atoms with Crippen LogP contribution in [-0.4, -0.2) is 38.3 Å². The first-order valence-electron chi connectivity index (χ1n) is 7.86. The van der Waals surface area contributed by atoms with Crippen molar-refractivity contribution in [2.75, 3.05) is 26.3 Å². The topological polar surface area (TPSA) is 50.4 Å². The third-order valence-corrected chi connectivity index (χ3v) is 4.02. The maximum Gasteiger partial charge on any atom is 0.227 e. The van der Waals surface area contributed by atoms with Crippen molar-refractivity contribution in [1.29, 1.82) is 0 Å². The molecule has 21 heavy (non-hydrogen) atoms. The predicted octanol–water partition coefficient (Wildman–Crippen LogP) is 1.92. The minimum Gasteiger partial charge on any atom is -0.379 e. The zero-order chi connectivity index (χ0) is 15.1. The maximum atomic E-state index is 12.3. The van der Waals surface area contributed by atoms with E-state index in [0.29, 0.717) is 25.7 Å². The molecular formula is C17H26N2O2.